The summed E-state index contributed by atoms with van der Waals surface area (Å²) >= 11 is 2.00. The smallest absolute Gasteiger partial charge is 0.146 e. The summed E-state index contributed by atoms with van der Waals surface area (Å²) in [6, 6.07) is 5.86. The number of aromatic nitrogens is 1. The Kier molecular flexibility index (Phi) is 3.35. The second-order valence-corrected chi connectivity index (χ2v) is 6.03. The van der Waals surface area contributed by atoms with Crippen LogP contribution in [0.2, 0.25) is 0 Å². The molecule has 0 amide bonds. The van der Waals surface area contributed by atoms with Crippen molar-refractivity contribution in [1.82, 2.24) is 4.98 Å². The third-order valence-electron chi connectivity index (χ3n) is 2.63. The van der Waals surface area contributed by atoms with E-state index in [2.05, 4.69) is 29.8 Å². The van der Waals surface area contributed by atoms with Gasteiger partial charge in [0.1, 0.15) is 11.9 Å². The highest BCUT2D eigenvalue weighted by Crippen LogP contribution is 2.28. The standard InChI is InChI=1S/C12H15N3S/c1-9-7-15(8-10(2)16-9)12-11(6-13)4-3-5-14-12/h3-5,9-10H,7-8H2,1-2H3. The van der Waals surface area contributed by atoms with Gasteiger partial charge in [0, 0.05) is 29.8 Å². The van der Waals surface area contributed by atoms with Gasteiger partial charge in [-0.3, -0.25) is 0 Å². The summed E-state index contributed by atoms with van der Waals surface area (Å²) in [7, 11) is 0. The molecule has 0 bridgehead atoms. The molecule has 0 N–H and O–H groups in total. The van der Waals surface area contributed by atoms with Gasteiger partial charge in [-0.25, -0.2) is 4.98 Å². The number of nitriles is 1. The fourth-order valence-corrected chi connectivity index (χ4v) is 3.41. The van der Waals surface area contributed by atoms with E-state index in [1.165, 1.54) is 0 Å². The number of thioether (sulfide) groups is 1. The normalized spacial score (nSPS) is 25.2. The third-order valence-corrected chi connectivity index (χ3v) is 3.85. The fraction of sp³-hybridized carbons (Fsp3) is 0.500. The SMILES string of the molecule is CC1CN(c2ncccc2C#N)CC(C)S1. The lowest BCUT2D eigenvalue weighted by Crippen LogP contribution is -2.41. The molecule has 0 spiro atoms. The lowest BCUT2D eigenvalue weighted by molar-refractivity contribution is 0.717. The van der Waals surface area contributed by atoms with Crippen LogP contribution in [0.5, 0.6) is 0 Å². The van der Waals surface area contributed by atoms with Gasteiger partial charge in [-0.05, 0) is 12.1 Å². The molecular weight excluding hydrogens is 218 g/mol. The summed E-state index contributed by atoms with van der Waals surface area (Å²) in [5.41, 5.74) is 0.675. The molecule has 0 radical (unpaired) electrons. The maximum Gasteiger partial charge on any atom is 0.146 e. The molecule has 2 heterocycles. The minimum absolute atomic E-state index is 0.595. The molecule has 1 aliphatic heterocycles. The van der Waals surface area contributed by atoms with Crippen molar-refractivity contribution in [2.45, 2.75) is 24.3 Å². The van der Waals surface area contributed by atoms with E-state index in [1.807, 2.05) is 23.9 Å². The van der Waals surface area contributed by atoms with Crippen molar-refractivity contribution in [3.63, 3.8) is 0 Å². The minimum Gasteiger partial charge on any atom is -0.353 e. The molecule has 0 aromatic carbocycles. The molecule has 2 atom stereocenters. The maximum atomic E-state index is 9.06. The van der Waals surface area contributed by atoms with Gasteiger partial charge in [-0.1, -0.05) is 13.8 Å². The van der Waals surface area contributed by atoms with Crippen LogP contribution in [0.15, 0.2) is 18.3 Å². The van der Waals surface area contributed by atoms with Crippen LogP contribution < -0.4 is 4.90 Å². The molecule has 1 saturated heterocycles. The molecule has 16 heavy (non-hydrogen) atoms. The molecule has 1 aromatic heterocycles. The lowest BCUT2D eigenvalue weighted by Gasteiger charge is -2.35. The van der Waals surface area contributed by atoms with E-state index in [0.717, 1.165) is 18.9 Å². The van der Waals surface area contributed by atoms with Crippen LogP contribution in [0.1, 0.15) is 19.4 Å². The Labute approximate surface area is 100 Å². The molecule has 1 fully saturated rings. The number of pyridine rings is 1. The molecule has 0 aliphatic carbocycles. The predicted molar refractivity (Wildman–Crippen MR) is 67.7 cm³/mol. The van der Waals surface area contributed by atoms with Crippen molar-refractivity contribution in [1.29, 1.82) is 5.26 Å². The van der Waals surface area contributed by atoms with Crippen LogP contribution >= 0.6 is 11.8 Å². The van der Waals surface area contributed by atoms with Crippen LogP contribution in [0.3, 0.4) is 0 Å². The maximum absolute atomic E-state index is 9.06. The zero-order valence-corrected chi connectivity index (χ0v) is 10.4. The lowest BCUT2D eigenvalue weighted by atomic mass is 10.2. The third kappa shape index (κ3) is 2.30. The van der Waals surface area contributed by atoms with Gasteiger partial charge in [0.2, 0.25) is 0 Å². The highest BCUT2D eigenvalue weighted by atomic mass is 32.2. The summed E-state index contributed by atoms with van der Waals surface area (Å²) in [6.07, 6.45) is 1.76. The van der Waals surface area contributed by atoms with Crippen LogP contribution in [0.25, 0.3) is 0 Å². The minimum atomic E-state index is 0.595. The predicted octanol–water partition coefficient (Wildman–Crippen LogP) is 2.28. The quantitative estimate of drug-likeness (QED) is 0.746. The van der Waals surface area contributed by atoms with E-state index in [4.69, 9.17) is 5.26 Å². The van der Waals surface area contributed by atoms with Crippen molar-refractivity contribution in [2.75, 3.05) is 18.0 Å². The average Bonchev–Trinajstić information content (AvgIpc) is 2.27. The van der Waals surface area contributed by atoms with E-state index in [9.17, 15) is 0 Å². The topological polar surface area (TPSA) is 39.9 Å². The molecule has 1 aromatic rings. The first-order chi connectivity index (χ1) is 7.70. The van der Waals surface area contributed by atoms with Gasteiger partial charge >= 0.3 is 0 Å². The Hall–Kier alpha value is -1.21. The molecule has 84 valence electrons. The van der Waals surface area contributed by atoms with E-state index in [0.29, 0.717) is 16.1 Å². The van der Waals surface area contributed by atoms with E-state index >= 15 is 0 Å². The average molecular weight is 233 g/mol. The number of rotatable bonds is 1. The van der Waals surface area contributed by atoms with Gasteiger partial charge in [0.05, 0.1) is 5.56 Å². The fourth-order valence-electron chi connectivity index (χ4n) is 2.09. The second-order valence-electron chi connectivity index (χ2n) is 4.15. The molecule has 2 rings (SSSR count). The van der Waals surface area contributed by atoms with Crippen molar-refractivity contribution in [3.8, 4) is 6.07 Å². The molecule has 1 aliphatic rings. The number of anilines is 1. The first-order valence-electron chi connectivity index (χ1n) is 5.46. The highest BCUT2D eigenvalue weighted by molar-refractivity contribution is 8.00. The summed E-state index contributed by atoms with van der Waals surface area (Å²) < 4.78 is 0. The van der Waals surface area contributed by atoms with Gasteiger partial charge in [0.25, 0.3) is 0 Å². The summed E-state index contributed by atoms with van der Waals surface area (Å²) in [4.78, 5) is 6.56. The van der Waals surface area contributed by atoms with E-state index < -0.39 is 0 Å². The van der Waals surface area contributed by atoms with E-state index in [1.54, 1.807) is 6.20 Å². The summed E-state index contributed by atoms with van der Waals surface area (Å²) in [5, 5.41) is 10.2. The van der Waals surface area contributed by atoms with Crippen LogP contribution in [-0.4, -0.2) is 28.6 Å². The van der Waals surface area contributed by atoms with Crippen LogP contribution in [0, 0.1) is 11.3 Å². The molecule has 4 heteroatoms. The monoisotopic (exact) mass is 233 g/mol. The number of hydrogen-bond acceptors (Lipinski definition) is 4. The van der Waals surface area contributed by atoms with Crippen molar-refractivity contribution >= 4 is 17.6 Å². The van der Waals surface area contributed by atoms with Crippen molar-refractivity contribution < 1.29 is 0 Å². The first kappa shape index (κ1) is 11.3. The first-order valence-corrected chi connectivity index (χ1v) is 6.40. The van der Waals surface area contributed by atoms with Crippen LogP contribution in [-0.2, 0) is 0 Å². The summed E-state index contributed by atoms with van der Waals surface area (Å²) in [5.74, 6) is 0.837. The zero-order valence-electron chi connectivity index (χ0n) is 9.55. The summed E-state index contributed by atoms with van der Waals surface area (Å²) in [6.45, 7) is 6.39. The van der Waals surface area contributed by atoms with Gasteiger partial charge in [0.15, 0.2) is 0 Å². The largest absolute Gasteiger partial charge is 0.353 e. The zero-order chi connectivity index (χ0) is 11.5. The molecular formula is C12H15N3S. The van der Waals surface area contributed by atoms with Crippen molar-refractivity contribution in [3.05, 3.63) is 23.9 Å². The number of hydrogen-bond donors (Lipinski definition) is 0. The van der Waals surface area contributed by atoms with Crippen LogP contribution in [0.4, 0.5) is 5.82 Å². The van der Waals surface area contributed by atoms with Gasteiger partial charge in [-0.15, -0.1) is 0 Å². The highest BCUT2D eigenvalue weighted by Gasteiger charge is 2.24. The van der Waals surface area contributed by atoms with Gasteiger partial charge < -0.3 is 4.90 Å². The number of nitrogens with zero attached hydrogens (tertiary/aromatic N) is 3. The Bertz CT molecular complexity index is 403. The Balaban J connectivity index is 2.26. The Morgan fingerprint density at radius 3 is 2.75 bits per heavy atom. The Morgan fingerprint density at radius 2 is 2.12 bits per heavy atom. The van der Waals surface area contributed by atoms with E-state index in [-0.39, 0.29) is 0 Å². The Morgan fingerprint density at radius 1 is 1.44 bits per heavy atom. The molecule has 2 unspecified atom stereocenters. The molecule has 3 nitrogen and oxygen atoms in total. The molecule has 0 saturated carbocycles. The van der Waals surface area contributed by atoms with Crippen molar-refractivity contribution in [2.24, 2.45) is 0 Å². The van der Waals surface area contributed by atoms with Gasteiger partial charge in [-0.2, -0.15) is 17.0 Å². The second kappa shape index (κ2) is 4.75.